The Morgan fingerprint density at radius 2 is 1.87 bits per heavy atom. The lowest BCUT2D eigenvalue weighted by molar-refractivity contribution is 0.0697. The Morgan fingerprint density at radius 1 is 1.22 bits per heavy atom. The van der Waals surface area contributed by atoms with E-state index in [0.29, 0.717) is 50.0 Å². The summed E-state index contributed by atoms with van der Waals surface area (Å²) < 4.78 is 30.1. The Hall–Kier alpha value is -1.60. The summed E-state index contributed by atoms with van der Waals surface area (Å²) in [4.78, 5) is 14.2. The van der Waals surface area contributed by atoms with Gasteiger partial charge in [-0.15, -0.1) is 0 Å². The van der Waals surface area contributed by atoms with Gasteiger partial charge in [0.05, 0.1) is 12.9 Å². The molecule has 1 aromatic carbocycles. The summed E-state index contributed by atoms with van der Waals surface area (Å²) in [6.07, 6.45) is 1.19. The molecule has 23 heavy (non-hydrogen) atoms. The highest BCUT2D eigenvalue weighted by molar-refractivity contribution is 7.88. The summed E-state index contributed by atoms with van der Waals surface area (Å²) in [5.41, 5.74) is 0.569. The second-order valence-electron chi connectivity index (χ2n) is 6.19. The summed E-state index contributed by atoms with van der Waals surface area (Å²) in [5.74, 6) is 1.01. The normalized spacial score (nSPS) is 16.6. The van der Waals surface area contributed by atoms with Crippen molar-refractivity contribution in [3.63, 3.8) is 0 Å². The van der Waals surface area contributed by atoms with Crippen molar-refractivity contribution in [3.05, 3.63) is 29.8 Å². The number of carbonyl (C=O) groups is 1. The van der Waals surface area contributed by atoms with Gasteiger partial charge in [-0.25, -0.2) is 8.42 Å². The fourth-order valence-electron chi connectivity index (χ4n) is 2.39. The molecule has 2 rings (SSSR count). The highest BCUT2D eigenvalue weighted by Gasteiger charge is 2.26. The van der Waals surface area contributed by atoms with Crippen LogP contribution in [0, 0.1) is 5.92 Å². The molecule has 128 valence electrons. The van der Waals surface area contributed by atoms with E-state index in [0.717, 1.165) is 0 Å². The van der Waals surface area contributed by atoms with Gasteiger partial charge in [-0.1, -0.05) is 19.9 Å². The topological polar surface area (TPSA) is 66.9 Å². The molecular formula is C16H24N2O4S. The molecule has 1 heterocycles. The largest absolute Gasteiger partial charge is 0.493 e. The smallest absolute Gasteiger partial charge is 0.254 e. The third-order valence-corrected chi connectivity index (χ3v) is 4.96. The van der Waals surface area contributed by atoms with E-state index >= 15 is 0 Å². The van der Waals surface area contributed by atoms with Gasteiger partial charge in [-0.2, -0.15) is 4.31 Å². The van der Waals surface area contributed by atoms with Crippen molar-refractivity contribution < 1.29 is 17.9 Å². The molecule has 1 fully saturated rings. The summed E-state index contributed by atoms with van der Waals surface area (Å²) in [5, 5.41) is 0. The molecule has 1 aromatic rings. The number of ether oxygens (including phenoxy) is 1. The van der Waals surface area contributed by atoms with Crippen LogP contribution in [0.2, 0.25) is 0 Å². The van der Waals surface area contributed by atoms with Crippen molar-refractivity contribution in [2.75, 3.05) is 39.0 Å². The van der Waals surface area contributed by atoms with Crippen molar-refractivity contribution in [3.8, 4) is 5.75 Å². The molecule has 6 nitrogen and oxygen atoms in total. The number of hydrogen-bond acceptors (Lipinski definition) is 4. The summed E-state index contributed by atoms with van der Waals surface area (Å²) in [6, 6.07) is 7.14. The minimum atomic E-state index is -3.19. The predicted octanol–water partition coefficient (Wildman–Crippen LogP) is 1.44. The van der Waals surface area contributed by atoms with E-state index in [1.54, 1.807) is 23.1 Å². The third kappa shape index (κ3) is 4.94. The monoisotopic (exact) mass is 340 g/mol. The van der Waals surface area contributed by atoms with E-state index in [1.165, 1.54) is 10.6 Å². The summed E-state index contributed by atoms with van der Waals surface area (Å²) >= 11 is 0. The number of carbonyl (C=O) groups excluding carboxylic acids is 1. The Kier molecular flexibility index (Phi) is 5.64. The Labute approximate surface area is 138 Å². The van der Waals surface area contributed by atoms with Gasteiger partial charge < -0.3 is 9.64 Å². The molecule has 1 aliphatic heterocycles. The first-order valence-corrected chi connectivity index (χ1v) is 9.59. The van der Waals surface area contributed by atoms with Crippen molar-refractivity contribution >= 4 is 15.9 Å². The predicted molar refractivity (Wildman–Crippen MR) is 89.1 cm³/mol. The van der Waals surface area contributed by atoms with E-state index in [2.05, 4.69) is 13.8 Å². The van der Waals surface area contributed by atoms with Gasteiger partial charge in [0.2, 0.25) is 10.0 Å². The average Bonchev–Trinajstić information content (AvgIpc) is 2.52. The first kappa shape index (κ1) is 17.7. The maximum absolute atomic E-state index is 12.5. The second-order valence-corrected chi connectivity index (χ2v) is 8.17. The quantitative estimate of drug-likeness (QED) is 0.813. The lowest BCUT2D eigenvalue weighted by atomic mass is 10.1. The number of sulfonamides is 1. The van der Waals surface area contributed by atoms with Crippen LogP contribution in [0.4, 0.5) is 0 Å². The number of hydrogen-bond donors (Lipinski definition) is 0. The van der Waals surface area contributed by atoms with E-state index < -0.39 is 10.0 Å². The molecular weight excluding hydrogens is 316 g/mol. The number of amides is 1. The molecule has 0 atom stereocenters. The van der Waals surface area contributed by atoms with Crippen LogP contribution in [-0.4, -0.2) is 62.6 Å². The summed E-state index contributed by atoms with van der Waals surface area (Å²) in [7, 11) is -3.19. The molecule has 0 spiro atoms. The molecule has 1 saturated heterocycles. The molecule has 1 amide bonds. The van der Waals surface area contributed by atoms with Crippen LogP contribution in [0.1, 0.15) is 24.2 Å². The number of piperazine rings is 1. The van der Waals surface area contributed by atoms with Gasteiger partial charge in [0.15, 0.2) is 0 Å². The van der Waals surface area contributed by atoms with Gasteiger partial charge in [0.1, 0.15) is 5.75 Å². The van der Waals surface area contributed by atoms with Gasteiger partial charge in [0.25, 0.3) is 5.91 Å². The summed E-state index contributed by atoms with van der Waals surface area (Å²) in [6.45, 7) is 6.23. The number of rotatable bonds is 5. The van der Waals surface area contributed by atoms with Crippen LogP contribution >= 0.6 is 0 Å². The fraction of sp³-hybridized carbons (Fsp3) is 0.562. The fourth-order valence-corrected chi connectivity index (χ4v) is 3.21. The van der Waals surface area contributed by atoms with Crippen molar-refractivity contribution in [1.82, 2.24) is 9.21 Å². The van der Waals surface area contributed by atoms with Crippen molar-refractivity contribution in [1.29, 1.82) is 0 Å². The van der Waals surface area contributed by atoms with Crippen LogP contribution in [0.5, 0.6) is 5.75 Å². The van der Waals surface area contributed by atoms with Gasteiger partial charge >= 0.3 is 0 Å². The maximum atomic E-state index is 12.5. The van der Waals surface area contributed by atoms with Crippen molar-refractivity contribution in [2.45, 2.75) is 13.8 Å². The highest BCUT2D eigenvalue weighted by Crippen LogP contribution is 2.17. The minimum Gasteiger partial charge on any atom is -0.493 e. The molecule has 0 aromatic heterocycles. The zero-order valence-corrected chi connectivity index (χ0v) is 14.7. The molecule has 0 radical (unpaired) electrons. The van der Waals surface area contributed by atoms with Crippen LogP contribution in [0.15, 0.2) is 24.3 Å². The van der Waals surface area contributed by atoms with Crippen LogP contribution in [-0.2, 0) is 10.0 Å². The first-order chi connectivity index (χ1) is 10.8. The van der Waals surface area contributed by atoms with Gasteiger partial charge in [-0.05, 0) is 24.1 Å². The first-order valence-electron chi connectivity index (χ1n) is 7.74. The minimum absolute atomic E-state index is 0.0897. The second kappa shape index (κ2) is 7.31. The molecule has 0 unspecified atom stereocenters. The van der Waals surface area contributed by atoms with Gasteiger partial charge in [0, 0.05) is 31.7 Å². The van der Waals surface area contributed by atoms with Crippen LogP contribution in [0.3, 0.4) is 0 Å². The maximum Gasteiger partial charge on any atom is 0.254 e. The molecule has 0 bridgehead atoms. The lowest BCUT2D eigenvalue weighted by Crippen LogP contribution is -2.50. The molecule has 0 saturated carbocycles. The van der Waals surface area contributed by atoms with E-state index in [1.807, 2.05) is 6.07 Å². The zero-order valence-electron chi connectivity index (χ0n) is 13.9. The van der Waals surface area contributed by atoms with E-state index in [-0.39, 0.29) is 5.91 Å². The number of benzene rings is 1. The molecule has 7 heteroatoms. The molecule has 0 N–H and O–H groups in total. The Bertz CT molecular complexity index is 650. The van der Waals surface area contributed by atoms with Crippen LogP contribution < -0.4 is 4.74 Å². The van der Waals surface area contributed by atoms with Crippen LogP contribution in [0.25, 0.3) is 0 Å². The van der Waals surface area contributed by atoms with E-state index in [9.17, 15) is 13.2 Å². The Morgan fingerprint density at radius 3 is 2.43 bits per heavy atom. The molecule has 1 aliphatic rings. The zero-order chi connectivity index (χ0) is 17.0. The highest BCUT2D eigenvalue weighted by atomic mass is 32.2. The lowest BCUT2D eigenvalue weighted by Gasteiger charge is -2.33. The number of nitrogens with zero attached hydrogens (tertiary/aromatic N) is 2. The average molecular weight is 340 g/mol. The Balaban J connectivity index is 2.00. The SMILES string of the molecule is CC(C)COc1cccc(C(=O)N2CCN(S(C)(=O)=O)CC2)c1. The molecule has 0 aliphatic carbocycles. The van der Waals surface area contributed by atoms with E-state index in [4.69, 9.17) is 4.74 Å². The van der Waals surface area contributed by atoms with Crippen molar-refractivity contribution in [2.24, 2.45) is 5.92 Å². The van der Waals surface area contributed by atoms with Gasteiger partial charge in [-0.3, -0.25) is 4.79 Å². The standard InChI is InChI=1S/C16H24N2O4S/c1-13(2)12-22-15-6-4-5-14(11-15)16(19)17-7-9-18(10-8-17)23(3,20)21/h4-6,11,13H,7-10,12H2,1-3H3. The third-order valence-electron chi connectivity index (χ3n) is 3.66.